The van der Waals surface area contributed by atoms with Crippen molar-refractivity contribution in [2.24, 2.45) is 0 Å². The normalized spacial score (nSPS) is 10.8. The van der Waals surface area contributed by atoms with Crippen LogP contribution in [-0.2, 0) is 23.9 Å². The molecule has 0 fully saturated rings. The summed E-state index contributed by atoms with van der Waals surface area (Å²) < 4.78 is 10.7. The Morgan fingerprint density at radius 2 is 1.32 bits per heavy atom. The fourth-order valence-corrected chi connectivity index (χ4v) is 6.70. The summed E-state index contributed by atoms with van der Waals surface area (Å²) in [5, 5.41) is 14.9. The van der Waals surface area contributed by atoms with Crippen molar-refractivity contribution >= 4 is 103 Å². The third kappa shape index (κ3) is 7.69. The second-order valence-electron chi connectivity index (χ2n) is 6.63. The van der Waals surface area contributed by atoms with Gasteiger partial charge in [-0.1, -0.05) is 0 Å². The minimum atomic E-state index is -1.29. The molecule has 1 aromatic rings. The number of halogens is 3. The van der Waals surface area contributed by atoms with Gasteiger partial charge in [-0.25, -0.2) is 4.79 Å². The summed E-state index contributed by atoms with van der Waals surface area (Å²) in [4.78, 5) is 59.2. The van der Waals surface area contributed by atoms with Crippen LogP contribution in [-0.4, -0.2) is 53.6 Å². The first-order valence-corrected chi connectivity index (χ1v) is 11.7. The number of hydrogen-bond acceptors (Lipinski definition) is 7. The molecule has 0 atom stereocenters. The minimum absolute atomic E-state index is 0.0136. The lowest BCUT2D eigenvalue weighted by molar-refractivity contribution is -0.147. The third-order valence-electron chi connectivity index (χ3n) is 3.66. The molecule has 1 aromatic carbocycles. The van der Waals surface area contributed by atoms with Crippen molar-refractivity contribution in [3.8, 4) is 0 Å². The van der Waals surface area contributed by atoms with Crippen LogP contribution in [0.1, 0.15) is 48.4 Å². The van der Waals surface area contributed by atoms with Gasteiger partial charge in [0, 0.05) is 24.3 Å². The number of esters is 2. The fourth-order valence-electron chi connectivity index (χ4n) is 2.31. The number of rotatable bonds is 8. The molecule has 13 heteroatoms. The number of ether oxygens (including phenoxy) is 2. The van der Waals surface area contributed by atoms with Gasteiger partial charge in [-0.2, -0.15) is 0 Å². The Morgan fingerprint density at radius 3 is 1.71 bits per heavy atom. The minimum Gasteiger partial charge on any atom is -0.478 e. The highest BCUT2D eigenvalue weighted by Gasteiger charge is 2.34. The molecule has 31 heavy (non-hydrogen) atoms. The number of carbonyl (C=O) groups is 5. The number of nitrogens with one attached hydrogen (secondary N) is 2. The highest BCUT2D eigenvalue weighted by atomic mass is 127. The first-order chi connectivity index (χ1) is 14.2. The van der Waals surface area contributed by atoms with E-state index < -0.39 is 35.3 Å². The quantitative estimate of drug-likeness (QED) is 0.270. The summed E-state index contributed by atoms with van der Waals surface area (Å²) in [6, 6.07) is 0. The number of carbonyl (C=O) groups excluding carboxylic acids is 4. The second-order valence-corrected chi connectivity index (χ2v) is 9.86. The van der Waals surface area contributed by atoms with Crippen molar-refractivity contribution in [2.75, 3.05) is 18.5 Å². The average molecular weight is 772 g/mol. The molecule has 10 nitrogen and oxygen atoms in total. The summed E-state index contributed by atoms with van der Waals surface area (Å²) >= 11 is 5.40. The molecule has 0 saturated heterocycles. The molecular weight excluding hydrogens is 753 g/mol. The molecule has 0 spiro atoms. The van der Waals surface area contributed by atoms with E-state index >= 15 is 0 Å². The maximum absolute atomic E-state index is 13.2. The van der Waals surface area contributed by atoms with Gasteiger partial charge in [0.25, 0.3) is 5.91 Å². The number of benzene rings is 1. The van der Waals surface area contributed by atoms with Gasteiger partial charge in [-0.3, -0.25) is 19.2 Å². The Labute approximate surface area is 219 Å². The van der Waals surface area contributed by atoms with Crippen molar-refractivity contribution in [1.82, 2.24) is 5.32 Å². The Hall–Kier alpha value is -1.24. The fraction of sp³-hybridized carbons (Fsp3) is 0.389. The molecule has 0 aliphatic carbocycles. The van der Waals surface area contributed by atoms with E-state index in [1.165, 1.54) is 27.7 Å². The van der Waals surface area contributed by atoms with E-state index in [4.69, 9.17) is 9.47 Å². The van der Waals surface area contributed by atoms with E-state index in [9.17, 15) is 29.1 Å². The molecule has 0 radical (unpaired) electrons. The van der Waals surface area contributed by atoms with Gasteiger partial charge in [-0.15, -0.1) is 0 Å². The molecule has 1 rings (SSSR count). The van der Waals surface area contributed by atoms with Gasteiger partial charge in [0.1, 0.15) is 18.8 Å². The molecule has 0 saturated carbocycles. The number of amides is 2. The average Bonchev–Trinajstić information content (AvgIpc) is 2.61. The zero-order chi connectivity index (χ0) is 24.1. The molecule has 0 unspecified atom stereocenters. The van der Waals surface area contributed by atoms with Gasteiger partial charge in [-0.05, 0) is 74.7 Å². The van der Waals surface area contributed by atoms with Gasteiger partial charge in [0.05, 0.1) is 24.0 Å². The standard InChI is InChI=1S/C18H19I3N2O8/c1-7(24)22-15-13(20)10(12(19)11(14(15)21)17(28)29)16(27)23-18(4,5-30-8(2)25)6-31-9(3)26/h5-6H2,1-4H3,(H,22,24)(H,23,27)(H,28,29). The summed E-state index contributed by atoms with van der Waals surface area (Å²) in [5.74, 6) is -3.59. The molecule has 0 aromatic heterocycles. The van der Waals surface area contributed by atoms with Crippen molar-refractivity contribution in [1.29, 1.82) is 0 Å². The Bertz CT molecular complexity index is 930. The lowest BCUT2D eigenvalue weighted by atomic mass is 10.0. The largest absolute Gasteiger partial charge is 0.478 e. The Balaban J connectivity index is 3.52. The predicted octanol–water partition coefficient (Wildman–Crippen LogP) is 2.77. The van der Waals surface area contributed by atoms with Crippen molar-refractivity contribution < 1.29 is 38.6 Å². The van der Waals surface area contributed by atoms with Crippen LogP contribution in [0.25, 0.3) is 0 Å². The summed E-state index contributed by atoms with van der Waals surface area (Å²) in [7, 11) is 0. The maximum Gasteiger partial charge on any atom is 0.337 e. The molecule has 3 N–H and O–H groups in total. The van der Waals surface area contributed by atoms with Crippen molar-refractivity contribution in [3.63, 3.8) is 0 Å². The number of carboxylic acid groups (broad SMARTS) is 1. The van der Waals surface area contributed by atoms with Crippen molar-refractivity contribution in [3.05, 3.63) is 21.8 Å². The zero-order valence-electron chi connectivity index (χ0n) is 16.9. The van der Waals surface area contributed by atoms with Crippen LogP contribution in [0.15, 0.2) is 0 Å². The van der Waals surface area contributed by atoms with Gasteiger partial charge in [0.2, 0.25) is 5.91 Å². The van der Waals surface area contributed by atoms with Crippen LogP contribution in [0.2, 0.25) is 0 Å². The lowest BCUT2D eigenvalue weighted by Gasteiger charge is -2.30. The molecule has 2 amide bonds. The maximum atomic E-state index is 13.2. The first kappa shape index (κ1) is 27.8. The Morgan fingerprint density at radius 1 is 0.871 bits per heavy atom. The molecule has 0 aliphatic heterocycles. The van der Waals surface area contributed by atoms with Crippen molar-refractivity contribution in [2.45, 2.75) is 33.2 Å². The van der Waals surface area contributed by atoms with Gasteiger partial charge >= 0.3 is 17.9 Å². The van der Waals surface area contributed by atoms with E-state index in [2.05, 4.69) is 10.6 Å². The highest BCUT2D eigenvalue weighted by molar-refractivity contribution is 14.1. The monoisotopic (exact) mass is 772 g/mol. The van der Waals surface area contributed by atoms with Gasteiger partial charge in [0.15, 0.2) is 0 Å². The first-order valence-electron chi connectivity index (χ1n) is 8.50. The third-order valence-corrected chi connectivity index (χ3v) is 6.90. The SMILES string of the molecule is CC(=O)Nc1c(I)c(C(=O)O)c(I)c(C(=O)NC(C)(COC(C)=O)COC(C)=O)c1I. The van der Waals surface area contributed by atoms with E-state index in [0.717, 1.165) is 0 Å². The lowest BCUT2D eigenvalue weighted by Crippen LogP contribution is -2.53. The van der Waals surface area contributed by atoms with Gasteiger partial charge < -0.3 is 25.2 Å². The van der Waals surface area contributed by atoms with Crippen LogP contribution in [0.3, 0.4) is 0 Å². The number of hydrogen-bond donors (Lipinski definition) is 3. The molecule has 0 aliphatic rings. The van der Waals surface area contributed by atoms with E-state index in [0.29, 0.717) is 3.57 Å². The zero-order valence-corrected chi connectivity index (χ0v) is 23.3. The van der Waals surface area contributed by atoms with E-state index in [1.807, 2.05) is 22.6 Å². The van der Waals surface area contributed by atoms with Crippen LogP contribution in [0.5, 0.6) is 0 Å². The predicted molar refractivity (Wildman–Crippen MR) is 135 cm³/mol. The summed E-state index contributed by atoms with van der Waals surface area (Å²) in [5.41, 5.74) is -1.23. The number of anilines is 1. The smallest absolute Gasteiger partial charge is 0.337 e. The van der Waals surface area contributed by atoms with E-state index in [1.54, 1.807) is 45.2 Å². The molecule has 0 heterocycles. The second kappa shape index (κ2) is 11.6. The number of aromatic carboxylic acids is 1. The van der Waals surface area contributed by atoms with Crippen LogP contribution < -0.4 is 10.6 Å². The van der Waals surface area contributed by atoms with Crippen LogP contribution in [0, 0.1) is 10.7 Å². The molecular formula is C18H19I3N2O8. The summed E-state index contributed by atoms with van der Waals surface area (Å²) in [6.07, 6.45) is 0. The molecule has 0 bridgehead atoms. The number of carboxylic acids is 1. The molecule has 170 valence electrons. The van der Waals surface area contributed by atoms with E-state index in [-0.39, 0.29) is 37.2 Å². The topological polar surface area (TPSA) is 148 Å². The van der Waals surface area contributed by atoms with Crippen LogP contribution in [0.4, 0.5) is 5.69 Å². The highest BCUT2D eigenvalue weighted by Crippen LogP contribution is 2.36. The Kier molecular flexibility index (Phi) is 10.4. The summed E-state index contributed by atoms with van der Waals surface area (Å²) in [6.45, 7) is 4.58. The van der Waals surface area contributed by atoms with Crippen LogP contribution >= 0.6 is 67.8 Å².